The molecule has 1 aliphatic heterocycles. The van der Waals surface area contributed by atoms with Crippen LogP contribution < -0.4 is 5.32 Å². The molecule has 1 aromatic carbocycles. The van der Waals surface area contributed by atoms with E-state index in [9.17, 15) is 4.79 Å². The molecule has 0 radical (unpaired) electrons. The Morgan fingerprint density at radius 1 is 1.41 bits per heavy atom. The Kier molecular flexibility index (Phi) is 3.94. The zero-order chi connectivity index (χ0) is 12.1. The van der Waals surface area contributed by atoms with Crippen LogP contribution in [0.4, 0.5) is 0 Å². The zero-order valence-electron chi connectivity index (χ0n) is 9.93. The van der Waals surface area contributed by atoms with Crippen LogP contribution >= 0.6 is 0 Å². The Bertz CT molecular complexity index is 400. The van der Waals surface area contributed by atoms with Gasteiger partial charge in [0.2, 0.25) is 0 Å². The maximum absolute atomic E-state index is 11.5. The molecule has 1 aliphatic rings. The van der Waals surface area contributed by atoms with Gasteiger partial charge >= 0.3 is 5.97 Å². The summed E-state index contributed by atoms with van der Waals surface area (Å²) in [6.45, 7) is 0.865. The van der Waals surface area contributed by atoms with Gasteiger partial charge in [-0.15, -0.1) is 0 Å². The SMILES string of the molecule is COC(=O)[C@H]1CCN[C@H]1/C=C/c1ccccc1. The van der Waals surface area contributed by atoms with Crippen molar-refractivity contribution in [3.05, 3.63) is 42.0 Å². The lowest BCUT2D eigenvalue weighted by Crippen LogP contribution is -2.30. The van der Waals surface area contributed by atoms with Crippen LogP contribution in [0.3, 0.4) is 0 Å². The van der Waals surface area contributed by atoms with Crippen LogP contribution in [0, 0.1) is 5.92 Å². The Morgan fingerprint density at radius 3 is 2.88 bits per heavy atom. The smallest absolute Gasteiger partial charge is 0.310 e. The largest absolute Gasteiger partial charge is 0.469 e. The van der Waals surface area contributed by atoms with Crippen molar-refractivity contribution in [3.63, 3.8) is 0 Å². The summed E-state index contributed by atoms with van der Waals surface area (Å²) in [7, 11) is 1.44. The fraction of sp³-hybridized carbons (Fsp3) is 0.357. The summed E-state index contributed by atoms with van der Waals surface area (Å²) < 4.78 is 4.80. The molecule has 0 unspecified atom stereocenters. The van der Waals surface area contributed by atoms with Gasteiger partial charge in [0.1, 0.15) is 0 Å². The minimum absolute atomic E-state index is 0.0556. The molecule has 1 heterocycles. The van der Waals surface area contributed by atoms with E-state index in [1.165, 1.54) is 7.11 Å². The molecular weight excluding hydrogens is 214 g/mol. The van der Waals surface area contributed by atoms with Crippen LogP contribution in [-0.4, -0.2) is 25.7 Å². The molecule has 1 saturated heterocycles. The minimum atomic E-state index is -0.127. The number of esters is 1. The van der Waals surface area contributed by atoms with E-state index in [2.05, 4.69) is 5.32 Å². The number of rotatable bonds is 3. The lowest BCUT2D eigenvalue weighted by molar-refractivity contribution is -0.145. The summed E-state index contributed by atoms with van der Waals surface area (Å²) in [6, 6.07) is 10.2. The highest BCUT2D eigenvalue weighted by Gasteiger charge is 2.31. The lowest BCUT2D eigenvalue weighted by atomic mass is 10.00. The molecule has 2 rings (SSSR count). The maximum Gasteiger partial charge on any atom is 0.310 e. The number of hydrogen-bond donors (Lipinski definition) is 1. The van der Waals surface area contributed by atoms with Gasteiger partial charge in [-0.05, 0) is 18.5 Å². The minimum Gasteiger partial charge on any atom is -0.469 e. The van der Waals surface area contributed by atoms with Gasteiger partial charge in [-0.25, -0.2) is 0 Å². The molecule has 0 aliphatic carbocycles. The second-order valence-electron chi connectivity index (χ2n) is 4.17. The van der Waals surface area contributed by atoms with Crippen molar-refractivity contribution in [1.29, 1.82) is 0 Å². The van der Waals surface area contributed by atoms with E-state index in [0.717, 1.165) is 18.5 Å². The van der Waals surface area contributed by atoms with Crippen LogP contribution in [0.25, 0.3) is 6.08 Å². The second-order valence-corrected chi connectivity index (χ2v) is 4.17. The zero-order valence-corrected chi connectivity index (χ0v) is 9.93. The maximum atomic E-state index is 11.5. The van der Waals surface area contributed by atoms with Gasteiger partial charge in [-0.2, -0.15) is 0 Å². The molecule has 2 atom stereocenters. The molecule has 1 fully saturated rings. The van der Waals surface area contributed by atoms with E-state index >= 15 is 0 Å². The van der Waals surface area contributed by atoms with E-state index in [0.29, 0.717) is 0 Å². The van der Waals surface area contributed by atoms with Gasteiger partial charge in [-0.3, -0.25) is 4.79 Å². The van der Waals surface area contributed by atoms with Crippen molar-refractivity contribution in [2.75, 3.05) is 13.7 Å². The first-order valence-corrected chi connectivity index (χ1v) is 5.86. The molecule has 0 saturated carbocycles. The van der Waals surface area contributed by atoms with Crippen LogP contribution in [0.2, 0.25) is 0 Å². The predicted octanol–water partition coefficient (Wildman–Crippen LogP) is 1.85. The Hall–Kier alpha value is -1.61. The summed E-state index contributed by atoms with van der Waals surface area (Å²) in [6.07, 6.45) is 4.93. The number of benzene rings is 1. The number of carbonyl (C=O) groups excluding carboxylic acids is 1. The number of nitrogens with one attached hydrogen (secondary N) is 1. The summed E-state index contributed by atoms with van der Waals surface area (Å²) in [5, 5.41) is 3.30. The van der Waals surface area contributed by atoms with Gasteiger partial charge in [0.05, 0.1) is 13.0 Å². The van der Waals surface area contributed by atoms with Gasteiger partial charge in [-0.1, -0.05) is 42.5 Å². The molecule has 90 valence electrons. The summed E-state index contributed by atoms with van der Waals surface area (Å²) in [5.74, 6) is -0.183. The van der Waals surface area contributed by atoms with Crippen molar-refractivity contribution >= 4 is 12.0 Å². The molecule has 0 aromatic heterocycles. The number of methoxy groups -OCH3 is 1. The first-order chi connectivity index (χ1) is 8.31. The van der Waals surface area contributed by atoms with Crippen molar-refractivity contribution in [2.24, 2.45) is 5.92 Å². The third-order valence-corrected chi connectivity index (χ3v) is 3.07. The highest BCUT2D eigenvalue weighted by Crippen LogP contribution is 2.19. The third-order valence-electron chi connectivity index (χ3n) is 3.07. The summed E-state index contributed by atoms with van der Waals surface area (Å²) >= 11 is 0. The average molecular weight is 231 g/mol. The Balaban J connectivity index is 2.03. The summed E-state index contributed by atoms with van der Waals surface area (Å²) in [4.78, 5) is 11.5. The van der Waals surface area contributed by atoms with E-state index in [1.807, 2.05) is 42.5 Å². The van der Waals surface area contributed by atoms with E-state index < -0.39 is 0 Å². The topological polar surface area (TPSA) is 38.3 Å². The number of carbonyl (C=O) groups is 1. The molecule has 17 heavy (non-hydrogen) atoms. The highest BCUT2D eigenvalue weighted by atomic mass is 16.5. The average Bonchev–Trinajstić information content (AvgIpc) is 2.85. The standard InChI is InChI=1S/C14H17NO2/c1-17-14(16)12-9-10-15-13(12)8-7-11-5-3-2-4-6-11/h2-8,12-13,15H,9-10H2,1H3/b8-7+/t12-,13-/m0/s1. The third kappa shape index (κ3) is 2.94. The van der Waals surface area contributed by atoms with Crippen molar-refractivity contribution in [1.82, 2.24) is 5.32 Å². The molecule has 3 heteroatoms. The molecule has 3 nitrogen and oxygen atoms in total. The lowest BCUT2D eigenvalue weighted by Gasteiger charge is -2.13. The number of ether oxygens (including phenoxy) is 1. The van der Waals surface area contributed by atoms with Gasteiger partial charge in [0, 0.05) is 6.04 Å². The number of hydrogen-bond acceptors (Lipinski definition) is 3. The van der Waals surface area contributed by atoms with Gasteiger partial charge in [0.15, 0.2) is 0 Å². The van der Waals surface area contributed by atoms with Crippen LogP contribution in [0.1, 0.15) is 12.0 Å². The van der Waals surface area contributed by atoms with E-state index in [1.54, 1.807) is 0 Å². The first kappa shape index (κ1) is 11.9. The molecular formula is C14H17NO2. The van der Waals surface area contributed by atoms with Crippen LogP contribution in [0.15, 0.2) is 36.4 Å². The van der Waals surface area contributed by atoms with E-state index in [4.69, 9.17) is 4.74 Å². The fourth-order valence-electron chi connectivity index (χ4n) is 2.12. The molecule has 1 N–H and O–H groups in total. The van der Waals surface area contributed by atoms with Crippen molar-refractivity contribution < 1.29 is 9.53 Å². The Labute approximate surface area is 101 Å². The predicted molar refractivity (Wildman–Crippen MR) is 67.4 cm³/mol. The molecule has 1 aromatic rings. The fourth-order valence-corrected chi connectivity index (χ4v) is 2.12. The second kappa shape index (κ2) is 5.64. The molecule has 0 amide bonds. The van der Waals surface area contributed by atoms with Crippen molar-refractivity contribution in [2.45, 2.75) is 12.5 Å². The molecule has 0 spiro atoms. The van der Waals surface area contributed by atoms with Crippen LogP contribution in [0.5, 0.6) is 0 Å². The van der Waals surface area contributed by atoms with Gasteiger partial charge < -0.3 is 10.1 Å². The van der Waals surface area contributed by atoms with Gasteiger partial charge in [0.25, 0.3) is 0 Å². The normalized spacial score (nSPS) is 24.1. The highest BCUT2D eigenvalue weighted by molar-refractivity contribution is 5.74. The van der Waals surface area contributed by atoms with Crippen molar-refractivity contribution in [3.8, 4) is 0 Å². The van der Waals surface area contributed by atoms with E-state index in [-0.39, 0.29) is 17.9 Å². The first-order valence-electron chi connectivity index (χ1n) is 5.86. The quantitative estimate of drug-likeness (QED) is 0.807. The summed E-state index contributed by atoms with van der Waals surface area (Å²) in [5.41, 5.74) is 1.14. The van der Waals surface area contributed by atoms with Crippen LogP contribution in [-0.2, 0) is 9.53 Å². The monoisotopic (exact) mass is 231 g/mol. The Morgan fingerprint density at radius 2 is 2.18 bits per heavy atom. The molecule has 0 bridgehead atoms.